The number of hydrogen-bond donors (Lipinski definition) is 2. The summed E-state index contributed by atoms with van der Waals surface area (Å²) in [6, 6.07) is 17.5. The summed E-state index contributed by atoms with van der Waals surface area (Å²) < 4.78 is 28.7. The van der Waals surface area contributed by atoms with E-state index in [4.69, 9.17) is 4.74 Å². The second-order valence-corrected chi connectivity index (χ2v) is 9.79. The molecule has 1 aliphatic rings. The molecule has 176 valence electrons. The molecule has 32 heavy (non-hydrogen) atoms. The van der Waals surface area contributed by atoms with Gasteiger partial charge in [0.1, 0.15) is 12.4 Å². The van der Waals surface area contributed by atoms with Crippen LogP contribution >= 0.6 is 24.0 Å². The fourth-order valence-electron chi connectivity index (χ4n) is 3.59. The highest BCUT2D eigenvalue weighted by molar-refractivity contribution is 14.0. The first-order chi connectivity index (χ1) is 14.9. The van der Waals surface area contributed by atoms with Gasteiger partial charge in [0.2, 0.25) is 0 Å². The summed E-state index contributed by atoms with van der Waals surface area (Å²) in [7, 11) is -1.42. The smallest absolute Gasteiger partial charge is 0.191 e. The van der Waals surface area contributed by atoms with Crippen molar-refractivity contribution in [2.45, 2.75) is 30.3 Å². The summed E-state index contributed by atoms with van der Waals surface area (Å²) in [5.41, 5.74) is 1.36. The molecule has 0 saturated carbocycles. The number of benzene rings is 2. The Bertz CT molecular complexity index is 945. The van der Waals surface area contributed by atoms with Crippen LogP contribution in [0.1, 0.15) is 18.4 Å². The molecule has 0 amide bonds. The van der Waals surface area contributed by atoms with Crippen LogP contribution in [-0.2, 0) is 16.4 Å². The number of likely N-dealkylation sites (tertiary alicyclic amines) is 1. The van der Waals surface area contributed by atoms with Crippen LogP contribution in [0.4, 0.5) is 0 Å². The van der Waals surface area contributed by atoms with Gasteiger partial charge in [0.05, 0.1) is 11.4 Å². The van der Waals surface area contributed by atoms with Crippen LogP contribution in [0.3, 0.4) is 0 Å². The largest absolute Gasteiger partial charge is 0.492 e. The van der Waals surface area contributed by atoms with Crippen molar-refractivity contribution in [3.63, 3.8) is 0 Å². The Morgan fingerprint density at radius 1 is 1.09 bits per heavy atom. The summed E-state index contributed by atoms with van der Waals surface area (Å²) in [4.78, 5) is 7.09. The predicted molar refractivity (Wildman–Crippen MR) is 140 cm³/mol. The lowest BCUT2D eigenvalue weighted by Gasteiger charge is -2.33. The van der Waals surface area contributed by atoms with E-state index in [1.54, 1.807) is 31.3 Å². The third-order valence-electron chi connectivity index (χ3n) is 5.32. The van der Waals surface area contributed by atoms with E-state index in [0.717, 1.165) is 38.4 Å². The Morgan fingerprint density at radius 2 is 1.75 bits per heavy atom. The summed E-state index contributed by atoms with van der Waals surface area (Å²) in [5.74, 6) is 1.42. The molecule has 0 spiro atoms. The average molecular weight is 573 g/mol. The highest BCUT2D eigenvalue weighted by Gasteiger charge is 2.20. The van der Waals surface area contributed by atoms with E-state index in [2.05, 4.69) is 50.9 Å². The first-order valence-electron chi connectivity index (χ1n) is 10.6. The maximum absolute atomic E-state index is 11.5. The molecule has 0 bridgehead atoms. The Kier molecular flexibility index (Phi) is 10.7. The number of guanidine groups is 1. The zero-order chi connectivity index (χ0) is 22.1. The number of piperidine rings is 1. The Hall–Kier alpha value is -1.85. The van der Waals surface area contributed by atoms with E-state index in [-0.39, 0.29) is 28.9 Å². The number of hydrogen-bond acceptors (Lipinski definition) is 5. The molecule has 9 heteroatoms. The van der Waals surface area contributed by atoms with Crippen molar-refractivity contribution in [1.29, 1.82) is 0 Å². The van der Waals surface area contributed by atoms with Crippen LogP contribution in [0.2, 0.25) is 0 Å². The highest BCUT2D eigenvalue weighted by atomic mass is 127. The number of sulfone groups is 1. The molecule has 1 heterocycles. The lowest BCUT2D eigenvalue weighted by molar-refractivity contribution is 0.198. The van der Waals surface area contributed by atoms with Crippen molar-refractivity contribution in [2.24, 2.45) is 4.99 Å². The first kappa shape index (κ1) is 26.4. The van der Waals surface area contributed by atoms with Gasteiger partial charge in [-0.25, -0.2) is 8.42 Å². The summed E-state index contributed by atoms with van der Waals surface area (Å²) in [6.45, 7) is 4.18. The fourth-order valence-corrected chi connectivity index (χ4v) is 4.22. The van der Waals surface area contributed by atoms with Crippen molar-refractivity contribution >= 4 is 39.8 Å². The van der Waals surface area contributed by atoms with E-state index in [0.29, 0.717) is 24.9 Å². The second kappa shape index (κ2) is 13.0. The summed E-state index contributed by atoms with van der Waals surface area (Å²) in [6.07, 6.45) is 3.35. The zero-order valence-electron chi connectivity index (χ0n) is 18.7. The molecule has 0 radical (unpaired) electrons. The molecule has 0 unspecified atom stereocenters. The van der Waals surface area contributed by atoms with Gasteiger partial charge in [-0.3, -0.25) is 9.89 Å². The molecule has 2 aromatic carbocycles. The Balaban J connectivity index is 0.00000363. The SMILES string of the molecule is CN=C(NCCOc1ccc(S(C)(=O)=O)cc1)NC1CCN(Cc2ccccc2)CC1.I. The average Bonchev–Trinajstić information content (AvgIpc) is 2.77. The van der Waals surface area contributed by atoms with E-state index < -0.39 is 9.84 Å². The van der Waals surface area contributed by atoms with Gasteiger partial charge in [-0.15, -0.1) is 24.0 Å². The first-order valence-corrected chi connectivity index (χ1v) is 12.5. The summed E-state index contributed by atoms with van der Waals surface area (Å²) in [5, 5.41) is 6.78. The molecule has 1 saturated heterocycles. The third kappa shape index (κ3) is 8.59. The molecule has 0 aromatic heterocycles. The van der Waals surface area contributed by atoms with Crippen molar-refractivity contribution in [2.75, 3.05) is 39.5 Å². The molecule has 7 nitrogen and oxygen atoms in total. The molecule has 0 atom stereocenters. The van der Waals surface area contributed by atoms with Crippen molar-refractivity contribution < 1.29 is 13.2 Å². The molecular formula is C23H33IN4O3S. The molecule has 0 aliphatic carbocycles. The summed E-state index contributed by atoms with van der Waals surface area (Å²) >= 11 is 0. The van der Waals surface area contributed by atoms with Crippen LogP contribution in [0, 0.1) is 0 Å². The number of rotatable bonds is 8. The monoisotopic (exact) mass is 572 g/mol. The van der Waals surface area contributed by atoms with Crippen molar-refractivity contribution in [3.05, 3.63) is 60.2 Å². The lowest BCUT2D eigenvalue weighted by Crippen LogP contribution is -2.49. The molecule has 3 rings (SSSR count). The van der Waals surface area contributed by atoms with Gasteiger partial charge in [-0.05, 0) is 42.7 Å². The van der Waals surface area contributed by atoms with Gasteiger partial charge in [0.25, 0.3) is 0 Å². The standard InChI is InChI=1S/C23H32N4O3S.HI/c1-24-23(25-14-17-30-21-8-10-22(11-9-21)31(2,28)29)26-20-12-15-27(16-13-20)18-19-6-4-3-5-7-19;/h3-11,20H,12-18H2,1-2H3,(H2,24,25,26);1H. The highest BCUT2D eigenvalue weighted by Crippen LogP contribution is 2.16. The molecule has 1 aliphatic heterocycles. The number of nitrogens with one attached hydrogen (secondary N) is 2. The molecule has 2 N–H and O–H groups in total. The quantitative estimate of drug-likeness (QED) is 0.219. The van der Waals surface area contributed by atoms with Gasteiger partial charge in [0.15, 0.2) is 15.8 Å². The topological polar surface area (TPSA) is 83.0 Å². The van der Waals surface area contributed by atoms with Crippen molar-refractivity contribution in [1.82, 2.24) is 15.5 Å². The third-order valence-corrected chi connectivity index (χ3v) is 6.44. The van der Waals surface area contributed by atoms with Gasteiger partial charge in [-0.2, -0.15) is 0 Å². The van der Waals surface area contributed by atoms with Crippen LogP contribution in [-0.4, -0.2) is 64.9 Å². The van der Waals surface area contributed by atoms with Crippen LogP contribution < -0.4 is 15.4 Å². The van der Waals surface area contributed by atoms with Crippen LogP contribution in [0.15, 0.2) is 64.5 Å². The Labute approximate surface area is 208 Å². The van der Waals surface area contributed by atoms with Crippen LogP contribution in [0.5, 0.6) is 5.75 Å². The minimum atomic E-state index is -3.19. The second-order valence-electron chi connectivity index (χ2n) is 7.77. The number of nitrogens with zero attached hydrogens (tertiary/aromatic N) is 2. The predicted octanol–water partition coefficient (Wildman–Crippen LogP) is 2.92. The van der Waals surface area contributed by atoms with E-state index in [9.17, 15) is 8.42 Å². The maximum atomic E-state index is 11.5. The molecule has 1 fully saturated rings. The zero-order valence-corrected chi connectivity index (χ0v) is 21.8. The van der Waals surface area contributed by atoms with E-state index >= 15 is 0 Å². The molecule has 2 aromatic rings. The number of halogens is 1. The van der Waals surface area contributed by atoms with E-state index in [1.807, 2.05) is 0 Å². The van der Waals surface area contributed by atoms with Gasteiger partial charge < -0.3 is 15.4 Å². The van der Waals surface area contributed by atoms with Gasteiger partial charge in [0, 0.05) is 39.0 Å². The normalized spacial score (nSPS) is 15.6. The number of aliphatic imine (C=N–C) groups is 1. The van der Waals surface area contributed by atoms with Crippen LogP contribution in [0.25, 0.3) is 0 Å². The Morgan fingerprint density at radius 3 is 2.34 bits per heavy atom. The lowest BCUT2D eigenvalue weighted by atomic mass is 10.0. The number of ether oxygens (including phenoxy) is 1. The van der Waals surface area contributed by atoms with E-state index in [1.165, 1.54) is 11.8 Å². The van der Waals surface area contributed by atoms with Gasteiger partial charge in [-0.1, -0.05) is 30.3 Å². The minimum absolute atomic E-state index is 0. The van der Waals surface area contributed by atoms with Gasteiger partial charge >= 0.3 is 0 Å². The molecular weight excluding hydrogens is 539 g/mol. The minimum Gasteiger partial charge on any atom is -0.492 e. The van der Waals surface area contributed by atoms with Crippen molar-refractivity contribution in [3.8, 4) is 5.75 Å². The fraction of sp³-hybridized carbons (Fsp3) is 0.435. The maximum Gasteiger partial charge on any atom is 0.191 e.